The van der Waals surface area contributed by atoms with Crippen LogP contribution >= 0.6 is 23.5 Å². The van der Waals surface area contributed by atoms with E-state index in [1.165, 1.54) is 18.2 Å². The molecule has 0 atom stereocenters. The van der Waals surface area contributed by atoms with Crippen LogP contribution in [0.3, 0.4) is 0 Å². The Morgan fingerprint density at radius 2 is 1.67 bits per heavy atom. The quantitative estimate of drug-likeness (QED) is 0.236. The zero-order valence-corrected chi connectivity index (χ0v) is 16.0. The average molecular weight is 472 g/mol. The highest BCUT2D eigenvalue weighted by atomic mass is 32.2. The molecule has 0 saturated heterocycles. The van der Waals surface area contributed by atoms with Crippen LogP contribution in [-0.2, 0) is 4.79 Å². The summed E-state index contributed by atoms with van der Waals surface area (Å²) in [4.78, 5) is 21.4. The number of halogens is 6. The van der Waals surface area contributed by atoms with E-state index in [1.807, 2.05) is 0 Å². The normalized spacial score (nSPS) is 11.8. The Morgan fingerprint density at radius 1 is 1.03 bits per heavy atom. The molecule has 0 fully saturated rings. The second-order valence-electron chi connectivity index (χ2n) is 5.32. The molecule has 0 radical (unpaired) electrons. The van der Waals surface area contributed by atoms with Gasteiger partial charge in [-0.15, -0.1) is 0 Å². The number of rotatable bonds is 7. The molecule has 0 saturated carbocycles. The summed E-state index contributed by atoms with van der Waals surface area (Å²) < 4.78 is 79.9. The number of nitrogens with zero attached hydrogens (tertiary/aromatic N) is 1. The number of nitro groups is 1. The van der Waals surface area contributed by atoms with Gasteiger partial charge in [-0.05, 0) is 47.8 Å². The lowest BCUT2D eigenvalue weighted by Gasteiger charge is -2.13. The molecule has 1 amide bonds. The summed E-state index contributed by atoms with van der Waals surface area (Å²) in [6, 6.07) is 7.54. The molecular weight excluding hydrogens is 462 g/mol. The summed E-state index contributed by atoms with van der Waals surface area (Å²) >= 11 is -1.00. The lowest BCUT2D eigenvalue weighted by molar-refractivity contribution is -0.386. The van der Waals surface area contributed by atoms with Gasteiger partial charge in [0.05, 0.1) is 10.6 Å². The molecule has 0 bridgehead atoms. The van der Waals surface area contributed by atoms with Crippen LogP contribution in [-0.4, -0.2) is 28.5 Å². The van der Waals surface area contributed by atoms with Crippen molar-refractivity contribution < 1.29 is 40.8 Å². The Morgan fingerprint density at radius 3 is 2.27 bits per heavy atom. The number of amides is 1. The number of hydrogen-bond donors (Lipinski definition) is 1. The summed E-state index contributed by atoms with van der Waals surface area (Å²) in [5, 5.41) is 13.3. The minimum absolute atomic E-state index is 0.153. The van der Waals surface area contributed by atoms with Gasteiger partial charge in [-0.1, -0.05) is 12.1 Å². The fourth-order valence-electron chi connectivity index (χ4n) is 2.07. The summed E-state index contributed by atoms with van der Waals surface area (Å²) in [7, 11) is 0. The van der Waals surface area contributed by atoms with E-state index in [-0.39, 0.29) is 10.6 Å². The maximum absolute atomic E-state index is 12.6. The van der Waals surface area contributed by atoms with E-state index in [0.29, 0.717) is 6.07 Å². The first-order valence-corrected chi connectivity index (χ1v) is 9.29. The van der Waals surface area contributed by atoms with Crippen LogP contribution in [0, 0.1) is 10.1 Å². The first-order valence-electron chi connectivity index (χ1n) is 7.66. The number of alkyl halides is 6. The third kappa shape index (κ3) is 7.67. The maximum Gasteiger partial charge on any atom is 0.446 e. The van der Waals surface area contributed by atoms with Crippen LogP contribution in [0.25, 0.3) is 0 Å². The van der Waals surface area contributed by atoms with E-state index in [1.54, 1.807) is 0 Å². The number of benzene rings is 2. The average Bonchev–Trinajstić information content (AvgIpc) is 2.59. The summed E-state index contributed by atoms with van der Waals surface area (Å²) in [6.07, 6.45) is 0. The molecule has 162 valence electrons. The standard InChI is InChI=1S/C16H10F6N2O4S2/c17-15(18,19)29-9-5-6-12(11(7-9)24(26)27)28-8-14(25)23-10-3-1-2-4-13(10)30-16(20,21)22/h1-7H,8H2,(H,23,25). The van der Waals surface area contributed by atoms with Gasteiger partial charge in [-0.25, -0.2) is 0 Å². The van der Waals surface area contributed by atoms with Gasteiger partial charge in [0.15, 0.2) is 12.4 Å². The van der Waals surface area contributed by atoms with Crippen molar-refractivity contribution in [2.45, 2.75) is 20.8 Å². The van der Waals surface area contributed by atoms with Gasteiger partial charge in [0.25, 0.3) is 5.91 Å². The Hall–Kier alpha value is -2.61. The molecule has 0 aliphatic carbocycles. The second-order valence-corrected chi connectivity index (χ2v) is 7.56. The van der Waals surface area contributed by atoms with Crippen molar-refractivity contribution in [3.63, 3.8) is 0 Å². The van der Waals surface area contributed by atoms with Crippen molar-refractivity contribution in [2.75, 3.05) is 11.9 Å². The fraction of sp³-hybridized carbons (Fsp3) is 0.188. The highest BCUT2D eigenvalue weighted by Crippen LogP contribution is 2.41. The van der Waals surface area contributed by atoms with Crippen molar-refractivity contribution in [2.24, 2.45) is 0 Å². The molecule has 2 rings (SSSR count). The molecule has 0 aliphatic rings. The van der Waals surface area contributed by atoms with E-state index < -0.39 is 68.3 Å². The van der Waals surface area contributed by atoms with E-state index in [9.17, 15) is 41.3 Å². The molecule has 0 unspecified atom stereocenters. The molecule has 0 heterocycles. The number of nitrogens with one attached hydrogen (secondary N) is 1. The second kappa shape index (κ2) is 9.47. The van der Waals surface area contributed by atoms with E-state index in [0.717, 1.165) is 18.2 Å². The molecule has 1 N–H and O–H groups in total. The van der Waals surface area contributed by atoms with Gasteiger partial charge in [0, 0.05) is 15.9 Å². The number of thioether (sulfide) groups is 2. The Bertz CT molecular complexity index is 937. The number of anilines is 1. The highest BCUT2D eigenvalue weighted by Gasteiger charge is 2.31. The van der Waals surface area contributed by atoms with Gasteiger partial charge in [0.2, 0.25) is 0 Å². The zero-order chi connectivity index (χ0) is 22.5. The highest BCUT2D eigenvalue weighted by molar-refractivity contribution is 8.00. The van der Waals surface area contributed by atoms with Crippen LogP contribution in [0.15, 0.2) is 52.3 Å². The number of para-hydroxylation sites is 1. The number of hydrogen-bond acceptors (Lipinski definition) is 6. The topological polar surface area (TPSA) is 81.5 Å². The van der Waals surface area contributed by atoms with Crippen molar-refractivity contribution in [1.29, 1.82) is 0 Å². The number of ether oxygens (including phenoxy) is 1. The van der Waals surface area contributed by atoms with Crippen LogP contribution in [0.2, 0.25) is 0 Å². The van der Waals surface area contributed by atoms with Crippen molar-refractivity contribution in [3.05, 3.63) is 52.6 Å². The number of carbonyl (C=O) groups excluding carboxylic acids is 1. The van der Waals surface area contributed by atoms with E-state index >= 15 is 0 Å². The van der Waals surface area contributed by atoms with Crippen molar-refractivity contribution in [3.8, 4) is 5.75 Å². The molecule has 14 heteroatoms. The molecule has 0 aliphatic heterocycles. The number of nitro benzene ring substituents is 1. The van der Waals surface area contributed by atoms with Gasteiger partial charge >= 0.3 is 16.7 Å². The third-order valence-corrected chi connectivity index (χ3v) is 4.63. The Kier molecular flexibility index (Phi) is 7.47. The smallest absolute Gasteiger partial charge is 0.446 e. The van der Waals surface area contributed by atoms with Crippen LogP contribution < -0.4 is 10.1 Å². The molecule has 30 heavy (non-hydrogen) atoms. The first-order chi connectivity index (χ1) is 13.8. The zero-order valence-electron chi connectivity index (χ0n) is 14.4. The van der Waals surface area contributed by atoms with Crippen LogP contribution in [0.5, 0.6) is 5.75 Å². The largest absolute Gasteiger partial charge is 0.477 e. The predicted molar refractivity (Wildman–Crippen MR) is 97.5 cm³/mol. The van der Waals surface area contributed by atoms with Crippen LogP contribution in [0.1, 0.15) is 0 Å². The fourth-order valence-corrected chi connectivity index (χ4v) is 3.27. The SMILES string of the molecule is O=C(COc1ccc(SC(F)(F)F)cc1[N+](=O)[O-])Nc1ccccc1SC(F)(F)F. The van der Waals surface area contributed by atoms with Gasteiger partial charge in [0.1, 0.15) is 0 Å². The van der Waals surface area contributed by atoms with Gasteiger partial charge in [-0.2, -0.15) is 26.3 Å². The molecular formula is C16H10F6N2O4S2. The third-order valence-electron chi connectivity index (χ3n) is 3.11. The summed E-state index contributed by atoms with van der Waals surface area (Å²) in [5.41, 5.74) is -10.2. The predicted octanol–water partition coefficient (Wildman–Crippen LogP) is 5.84. The Balaban J connectivity index is 2.09. The molecule has 0 spiro atoms. The first kappa shape index (κ1) is 23.7. The maximum atomic E-state index is 12.6. The molecule has 2 aromatic rings. The van der Waals surface area contributed by atoms with Gasteiger partial charge < -0.3 is 10.1 Å². The monoisotopic (exact) mass is 472 g/mol. The van der Waals surface area contributed by atoms with Crippen LogP contribution in [0.4, 0.5) is 37.7 Å². The van der Waals surface area contributed by atoms with Crippen molar-refractivity contribution in [1.82, 2.24) is 0 Å². The lowest BCUT2D eigenvalue weighted by Crippen LogP contribution is -2.21. The van der Waals surface area contributed by atoms with E-state index in [2.05, 4.69) is 5.32 Å². The minimum atomic E-state index is -4.65. The lowest BCUT2D eigenvalue weighted by atomic mass is 10.3. The molecule has 0 aromatic heterocycles. The van der Waals surface area contributed by atoms with Gasteiger partial charge in [-0.3, -0.25) is 14.9 Å². The Labute approximate surface area is 173 Å². The molecule has 2 aromatic carbocycles. The summed E-state index contributed by atoms with van der Waals surface area (Å²) in [6.45, 7) is -0.822. The molecule has 6 nitrogen and oxygen atoms in total. The summed E-state index contributed by atoms with van der Waals surface area (Å²) in [5.74, 6) is -1.40. The number of carbonyl (C=O) groups is 1. The van der Waals surface area contributed by atoms with Crippen molar-refractivity contribution >= 4 is 40.8 Å². The minimum Gasteiger partial charge on any atom is -0.477 e. The van der Waals surface area contributed by atoms with E-state index in [4.69, 9.17) is 4.74 Å².